The maximum absolute atomic E-state index is 13.7. The number of halogens is 6. The molecule has 0 spiro atoms. The Labute approximate surface area is 297 Å². The highest BCUT2D eigenvalue weighted by atomic mass is 32.2. The zero-order valence-electron chi connectivity index (χ0n) is 26.5. The van der Waals surface area contributed by atoms with Gasteiger partial charge in [-0.05, 0) is 89.0 Å². The van der Waals surface area contributed by atoms with Crippen LogP contribution in [0.25, 0.3) is 23.3 Å². The van der Waals surface area contributed by atoms with Gasteiger partial charge >= 0.3 is 18.3 Å². The number of rotatable bonds is 10. The average Bonchev–Trinajstić information content (AvgIpc) is 3.34. The van der Waals surface area contributed by atoms with Gasteiger partial charge in [-0.15, -0.1) is 0 Å². The topological polar surface area (TPSA) is 99.2 Å². The smallest absolute Gasteiger partial charge is 0.416 e. The molecule has 2 N–H and O–H groups in total. The lowest BCUT2D eigenvalue weighted by molar-refractivity contribution is -0.143. The Kier molecular flexibility index (Phi) is 11.7. The molecule has 8 nitrogen and oxygen atoms in total. The van der Waals surface area contributed by atoms with Crippen LogP contribution in [-0.4, -0.2) is 76.4 Å². The SMILES string of the molecule is O=C(CCN1C(=O)/C(=C/c2cc(/C=C/CN3CCOCC3)cc(-c3cc(C(F)(F)F)cc(C(F)(F)F)c3)c2)SC1=S)Nc1ccc(C(=O)O)cc1. The van der Waals surface area contributed by atoms with E-state index >= 15 is 0 Å². The van der Waals surface area contributed by atoms with Crippen molar-refractivity contribution in [2.75, 3.05) is 44.7 Å². The number of hydrogen-bond acceptors (Lipinski definition) is 7. The molecule has 0 saturated carbocycles. The summed E-state index contributed by atoms with van der Waals surface area (Å²) < 4.78 is 87.7. The lowest BCUT2D eigenvalue weighted by atomic mass is 9.95. The van der Waals surface area contributed by atoms with Crippen LogP contribution in [0.4, 0.5) is 32.0 Å². The van der Waals surface area contributed by atoms with E-state index in [1.807, 2.05) is 6.08 Å². The van der Waals surface area contributed by atoms with Crippen LogP contribution in [0.3, 0.4) is 0 Å². The third kappa shape index (κ3) is 10.1. The maximum atomic E-state index is 13.7. The van der Waals surface area contributed by atoms with Crippen molar-refractivity contribution in [1.82, 2.24) is 9.80 Å². The predicted octanol–water partition coefficient (Wildman–Crippen LogP) is 7.66. The van der Waals surface area contributed by atoms with E-state index in [1.165, 1.54) is 47.4 Å². The van der Waals surface area contributed by atoms with Crippen LogP contribution in [0, 0.1) is 0 Å². The Balaban J connectivity index is 1.40. The fraction of sp³-hybridized carbons (Fsp3) is 0.257. The summed E-state index contributed by atoms with van der Waals surface area (Å²) in [7, 11) is 0. The van der Waals surface area contributed by atoms with E-state index in [-0.39, 0.29) is 44.9 Å². The number of aromatic carboxylic acids is 1. The zero-order valence-corrected chi connectivity index (χ0v) is 28.1. The first kappa shape index (κ1) is 37.7. The zero-order chi connectivity index (χ0) is 36.9. The summed E-state index contributed by atoms with van der Waals surface area (Å²) in [5.41, 5.74) is -1.96. The highest BCUT2D eigenvalue weighted by Gasteiger charge is 2.37. The van der Waals surface area contributed by atoms with Gasteiger partial charge < -0.3 is 15.2 Å². The Bertz CT molecular complexity index is 1860. The first-order valence-electron chi connectivity index (χ1n) is 15.4. The van der Waals surface area contributed by atoms with Gasteiger partial charge in [-0.3, -0.25) is 19.4 Å². The summed E-state index contributed by atoms with van der Waals surface area (Å²) in [6, 6.07) is 11.4. The number of carbonyl (C=O) groups excluding carboxylic acids is 2. The van der Waals surface area contributed by atoms with Crippen LogP contribution in [0.15, 0.2) is 71.6 Å². The van der Waals surface area contributed by atoms with Gasteiger partial charge in [0.2, 0.25) is 5.91 Å². The first-order chi connectivity index (χ1) is 24.1. The number of carbonyl (C=O) groups is 3. The Morgan fingerprint density at radius 3 is 2.12 bits per heavy atom. The lowest BCUT2D eigenvalue weighted by Gasteiger charge is -2.25. The minimum absolute atomic E-state index is 0.0416. The van der Waals surface area contributed by atoms with E-state index in [0.717, 1.165) is 11.8 Å². The quantitative estimate of drug-likeness (QED) is 0.124. The van der Waals surface area contributed by atoms with E-state index in [0.29, 0.717) is 61.8 Å². The number of hydrogen-bond donors (Lipinski definition) is 2. The number of nitrogens with zero attached hydrogens (tertiary/aromatic N) is 2. The van der Waals surface area contributed by atoms with Crippen molar-refractivity contribution in [3.8, 4) is 11.1 Å². The van der Waals surface area contributed by atoms with Crippen molar-refractivity contribution in [1.29, 1.82) is 0 Å². The highest BCUT2D eigenvalue weighted by Crippen LogP contribution is 2.40. The molecule has 0 unspecified atom stereocenters. The van der Waals surface area contributed by atoms with E-state index in [2.05, 4.69) is 10.2 Å². The van der Waals surface area contributed by atoms with Gasteiger partial charge in [0.15, 0.2) is 0 Å². The summed E-state index contributed by atoms with van der Waals surface area (Å²) >= 11 is 6.32. The van der Waals surface area contributed by atoms with Gasteiger partial charge in [-0.1, -0.05) is 36.1 Å². The molecule has 16 heteroatoms. The molecular weight excluding hydrogens is 721 g/mol. The van der Waals surface area contributed by atoms with Crippen molar-refractivity contribution in [2.45, 2.75) is 18.8 Å². The number of carboxylic acids is 1. The molecule has 268 valence electrons. The largest absolute Gasteiger partial charge is 0.478 e. The van der Waals surface area contributed by atoms with Crippen LogP contribution in [0.5, 0.6) is 0 Å². The van der Waals surface area contributed by atoms with Crippen LogP contribution in [0.1, 0.15) is 39.0 Å². The molecule has 3 aromatic rings. The molecule has 2 aliphatic heterocycles. The minimum atomic E-state index is -5.04. The lowest BCUT2D eigenvalue weighted by Crippen LogP contribution is -2.36. The van der Waals surface area contributed by atoms with Gasteiger partial charge in [0.05, 0.1) is 34.8 Å². The van der Waals surface area contributed by atoms with Crippen molar-refractivity contribution in [2.24, 2.45) is 0 Å². The number of anilines is 1. The molecule has 2 saturated heterocycles. The third-order valence-electron chi connectivity index (χ3n) is 7.83. The normalized spacial score (nSPS) is 16.7. The number of carboxylic acid groups (broad SMARTS) is 1. The summed E-state index contributed by atoms with van der Waals surface area (Å²) in [6.45, 7) is 2.98. The van der Waals surface area contributed by atoms with Gasteiger partial charge in [-0.2, -0.15) is 26.3 Å². The summed E-state index contributed by atoms with van der Waals surface area (Å²) in [5.74, 6) is -2.11. The van der Waals surface area contributed by atoms with Crippen LogP contribution < -0.4 is 5.32 Å². The molecule has 2 aliphatic rings. The predicted molar refractivity (Wildman–Crippen MR) is 185 cm³/mol. The van der Waals surface area contributed by atoms with Crippen LogP contribution in [0.2, 0.25) is 0 Å². The summed E-state index contributed by atoms with van der Waals surface area (Å²) in [6.07, 6.45) is -5.25. The molecule has 2 fully saturated rings. The standard InChI is InChI=1S/C35H29F6N3O5S2/c36-34(37,38)26-18-25(19-27(20-26)35(39,40)41)24-15-21(2-1-8-43-10-12-49-13-11-43)14-22(16-24)17-29-31(46)44(33(50)51-29)9-7-30(45)42-28-5-3-23(4-6-28)32(47)48/h1-6,14-20H,7-13H2,(H,42,45)(H,47,48)/b2-1+,29-17-. The Morgan fingerprint density at radius 2 is 1.51 bits per heavy atom. The number of nitrogens with one attached hydrogen (secondary N) is 1. The van der Waals surface area contributed by atoms with E-state index in [1.54, 1.807) is 12.1 Å². The van der Waals surface area contributed by atoms with E-state index in [4.69, 9.17) is 22.1 Å². The monoisotopic (exact) mass is 749 g/mol. The second-order valence-corrected chi connectivity index (χ2v) is 13.2. The molecular formula is C35H29F6N3O5S2. The fourth-order valence-electron chi connectivity index (χ4n) is 5.24. The second kappa shape index (κ2) is 15.8. The van der Waals surface area contributed by atoms with Crippen molar-refractivity contribution < 1.29 is 50.6 Å². The van der Waals surface area contributed by atoms with Gasteiger partial charge in [0.1, 0.15) is 4.32 Å². The van der Waals surface area contributed by atoms with Gasteiger partial charge in [0.25, 0.3) is 5.91 Å². The molecule has 0 bridgehead atoms. The molecule has 0 atom stereocenters. The Morgan fingerprint density at radius 1 is 0.902 bits per heavy atom. The first-order valence-corrected chi connectivity index (χ1v) is 16.6. The molecule has 2 amide bonds. The average molecular weight is 750 g/mol. The maximum Gasteiger partial charge on any atom is 0.416 e. The van der Waals surface area contributed by atoms with Crippen molar-refractivity contribution in [3.05, 3.63) is 99.5 Å². The number of ether oxygens (including phenoxy) is 1. The second-order valence-electron chi connectivity index (χ2n) is 11.5. The molecule has 0 aliphatic carbocycles. The highest BCUT2D eigenvalue weighted by molar-refractivity contribution is 8.26. The van der Waals surface area contributed by atoms with E-state index < -0.39 is 41.3 Å². The number of alkyl halides is 6. The molecule has 0 aromatic heterocycles. The van der Waals surface area contributed by atoms with Crippen molar-refractivity contribution >= 4 is 63.9 Å². The number of thioether (sulfide) groups is 1. The molecule has 3 aromatic carbocycles. The minimum Gasteiger partial charge on any atom is -0.478 e. The fourth-order valence-corrected chi connectivity index (χ4v) is 6.55. The molecule has 2 heterocycles. The number of morpholine rings is 1. The Hall–Kier alpha value is -4.51. The molecule has 0 radical (unpaired) electrons. The summed E-state index contributed by atoms with van der Waals surface area (Å²) in [5, 5.41) is 11.6. The summed E-state index contributed by atoms with van der Waals surface area (Å²) in [4.78, 5) is 40.5. The number of amides is 2. The van der Waals surface area contributed by atoms with Crippen LogP contribution in [-0.2, 0) is 26.7 Å². The number of thiocarbonyl (C=S) groups is 1. The number of benzene rings is 3. The van der Waals surface area contributed by atoms with Gasteiger partial charge in [-0.25, -0.2) is 4.79 Å². The van der Waals surface area contributed by atoms with E-state index in [9.17, 15) is 40.7 Å². The van der Waals surface area contributed by atoms with Crippen LogP contribution >= 0.6 is 24.0 Å². The molecule has 5 rings (SSSR count). The van der Waals surface area contributed by atoms with Crippen molar-refractivity contribution in [3.63, 3.8) is 0 Å². The van der Waals surface area contributed by atoms with Gasteiger partial charge in [0, 0.05) is 38.3 Å². The third-order valence-corrected chi connectivity index (χ3v) is 9.20. The molecule has 51 heavy (non-hydrogen) atoms.